The van der Waals surface area contributed by atoms with Crippen molar-refractivity contribution < 1.29 is 5.11 Å². The highest BCUT2D eigenvalue weighted by Gasteiger charge is 2.06. The number of benzene rings is 1. The number of aliphatic hydroxyl groups is 1. The van der Waals surface area contributed by atoms with Crippen LogP contribution in [0.15, 0.2) is 30.3 Å². The Morgan fingerprint density at radius 3 is 2.57 bits per heavy atom. The van der Waals surface area contributed by atoms with Crippen molar-refractivity contribution in [2.75, 3.05) is 19.5 Å². The number of halogens is 1. The van der Waals surface area contributed by atoms with Gasteiger partial charge >= 0.3 is 0 Å². The van der Waals surface area contributed by atoms with Crippen molar-refractivity contribution in [3.8, 4) is 0 Å². The average Bonchev–Trinajstić information content (AvgIpc) is 2.19. The molecular weight excluding hydrogens is 198 g/mol. The summed E-state index contributed by atoms with van der Waals surface area (Å²) in [6.07, 6.45) is -0.439. The first-order valence-electron chi connectivity index (χ1n) is 4.69. The molecule has 0 aliphatic carbocycles. The van der Waals surface area contributed by atoms with Gasteiger partial charge in [-0.3, -0.25) is 4.90 Å². The first kappa shape index (κ1) is 11.5. The minimum atomic E-state index is -0.439. The molecule has 78 valence electrons. The van der Waals surface area contributed by atoms with Gasteiger partial charge in [0.15, 0.2) is 0 Å². The summed E-state index contributed by atoms with van der Waals surface area (Å²) in [5.74, 6) is 0.291. The largest absolute Gasteiger partial charge is 0.391 e. The molecule has 0 aliphatic heterocycles. The number of nitrogens with zero attached hydrogens (tertiary/aromatic N) is 1. The molecule has 1 N–H and O–H groups in total. The zero-order chi connectivity index (χ0) is 10.4. The quantitative estimate of drug-likeness (QED) is 0.753. The summed E-state index contributed by atoms with van der Waals surface area (Å²) in [4.78, 5) is 2.06. The predicted octanol–water partition coefficient (Wildman–Crippen LogP) is 1.72. The molecule has 0 fully saturated rings. The highest BCUT2D eigenvalue weighted by atomic mass is 35.5. The van der Waals surface area contributed by atoms with Gasteiger partial charge in [-0.05, 0) is 12.6 Å². The van der Waals surface area contributed by atoms with Gasteiger partial charge in [-0.25, -0.2) is 0 Å². The van der Waals surface area contributed by atoms with Gasteiger partial charge in [0.05, 0.1) is 6.10 Å². The second-order valence-corrected chi connectivity index (χ2v) is 3.80. The van der Waals surface area contributed by atoms with E-state index < -0.39 is 6.10 Å². The minimum absolute atomic E-state index is 0.291. The Kier molecular flexibility index (Phi) is 4.94. The maximum Gasteiger partial charge on any atom is 0.0802 e. The number of alkyl halides is 1. The molecule has 3 heteroatoms. The summed E-state index contributed by atoms with van der Waals surface area (Å²) in [5, 5.41) is 9.33. The summed E-state index contributed by atoms with van der Waals surface area (Å²) in [7, 11) is 1.97. The van der Waals surface area contributed by atoms with Crippen molar-refractivity contribution in [2.24, 2.45) is 0 Å². The van der Waals surface area contributed by atoms with Crippen molar-refractivity contribution in [3.05, 3.63) is 35.9 Å². The van der Waals surface area contributed by atoms with Gasteiger partial charge in [-0.2, -0.15) is 0 Å². The highest BCUT2D eigenvalue weighted by Crippen LogP contribution is 2.03. The lowest BCUT2D eigenvalue weighted by molar-refractivity contribution is 0.141. The molecule has 1 atom stereocenters. The smallest absolute Gasteiger partial charge is 0.0802 e. The number of rotatable bonds is 5. The van der Waals surface area contributed by atoms with Crippen molar-refractivity contribution in [1.29, 1.82) is 0 Å². The topological polar surface area (TPSA) is 23.5 Å². The van der Waals surface area contributed by atoms with Crippen molar-refractivity contribution in [1.82, 2.24) is 4.90 Å². The molecule has 14 heavy (non-hydrogen) atoms. The van der Waals surface area contributed by atoms with Crippen LogP contribution in [0.25, 0.3) is 0 Å². The Bertz CT molecular complexity index is 253. The SMILES string of the molecule is CN(Cc1ccccc1)C[C@@H](O)CCl. The molecule has 0 amide bonds. The second kappa shape index (κ2) is 6.02. The van der Waals surface area contributed by atoms with Crippen molar-refractivity contribution >= 4 is 11.6 Å². The van der Waals surface area contributed by atoms with Crippen LogP contribution >= 0.6 is 11.6 Å². The van der Waals surface area contributed by atoms with E-state index >= 15 is 0 Å². The van der Waals surface area contributed by atoms with E-state index in [-0.39, 0.29) is 0 Å². The number of aliphatic hydroxyl groups excluding tert-OH is 1. The van der Waals surface area contributed by atoms with Gasteiger partial charge < -0.3 is 5.11 Å². The van der Waals surface area contributed by atoms with E-state index in [1.54, 1.807) is 0 Å². The third-order valence-corrected chi connectivity index (χ3v) is 2.35. The summed E-state index contributed by atoms with van der Waals surface area (Å²) in [5.41, 5.74) is 1.25. The van der Waals surface area contributed by atoms with E-state index in [9.17, 15) is 5.11 Å². The van der Waals surface area contributed by atoms with E-state index in [1.807, 2.05) is 25.2 Å². The molecule has 0 spiro atoms. The monoisotopic (exact) mass is 213 g/mol. The zero-order valence-electron chi connectivity index (χ0n) is 8.36. The van der Waals surface area contributed by atoms with E-state index in [0.29, 0.717) is 12.4 Å². The summed E-state index contributed by atoms with van der Waals surface area (Å²) in [6.45, 7) is 1.45. The fourth-order valence-corrected chi connectivity index (χ4v) is 1.47. The third-order valence-electron chi connectivity index (χ3n) is 2.00. The normalized spacial score (nSPS) is 13.1. The standard InChI is InChI=1S/C11H16ClNO/c1-13(9-11(14)7-12)8-10-5-3-2-4-6-10/h2-6,11,14H,7-9H2,1H3/t11-/m0/s1. The average molecular weight is 214 g/mol. The highest BCUT2D eigenvalue weighted by molar-refractivity contribution is 6.18. The Morgan fingerprint density at radius 1 is 1.36 bits per heavy atom. The zero-order valence-corrected chi connectivity index (χ0v) is 9.11. The van der Waals surface area contributed by atoms with Crippen LogP contribution in [0.2, 0.25) is 0 Å². The lowest BCUT2D eigenvalue weighted by atomic mass is 10.2. The molecule has 0 aliphatic rings. The molecule has 0 unspecified atom stereocenters. The molecule has 0 bridgehead atoms. The molecule has 0 aromatic heterocycles. The van der Waals surface area contributed by atoms with Crippen LogP contribution in [-0.2, 0) is 6.54 Å². The molecule has 0 saturated heterocycles. The molecule has 2 nitrogen and oxygen atoms in total. The van der Waals surface area contributed by atoms with Gasteiger partial charge in [0.1, 0.15) is 0 Å². The molecular formula is C11H16ClNO. The minimum Gasteiger partial charge on any atom is -0.391 e. The molecule has 0 heterocycles. The van der Waals surface area contributed by atoms with Gasteiger partial charge in [0.25, 0.3) is 0 Å². The number of hydrogen-bond acceptors (Lipinski definition) is 2. The van der Waals surface area contributed by atoms with Crippen molar-refractivity contribution in [3.63, 3.8) is 0 Å². The van der Waals surface area contributed by atoms with Crippen LogP contribution < -0.4 is 0 Å². The van der Waals surface area contributed by atoms with Crippen LogP contribution in [0, 0.1) is 0 Å². The van der Waals surface area contributed by atoms with E-state index in [4.69, 9.17) is 11.6 Å². The van der Waals surface area contributed by atoms with E-state index in [1.165, 1.54) is 5.56 Å². The Morgan fingerprint density at radius 2 is 2.00 bits per heavy atom. The predicted molar refractivity (Wildman–Crippen MR) is 59.5 cm³/mol. The summed E-state index contributed by atoms with van der Waals surface area (Å²) >= 11 is 5.52. The Hall–Kier alpha value is -0.570. The molecule has 0 radical (unpaired) electrons. The fraction of sp³-hybridized carbons (Fsp3) is 0.455. The molecule has 1 aromatic rings. The lowest BCUT2D eigenvalue weighted by Gasteiger charge is -2.19. The maximum atomic E-state index is 9.33. The molecule has 0 saturated carbocycles. The van der Waals surface area contributed by atoms with Crippen LogP contribution in [0.5, 0.6) is 0 Å². The molecule has 1 aromatic carbocycles. The first-order chi connectivity index (χ1) is 6.72. The van der Waals surface area contributed by atoms with Gasteiger partial charge in [-0.1, -0.05) is 30.3 Å². The van der Waals surface area contributed by atoms with Crippen LogP contribution in [0.1, 0.15) is 5.56 Å². The van der Waals surface area contributed by atoms with Crippen LogP contribution in [-0.4, -0.2) is 35.6 Å². The third kappa shape index (κ3) is 4.09. The second-order valence-electron chi connectivity index (χ2n) is 3.49. The van der Waals surface area contributed by atoms with Crippen LogP contribution in [0.4, 0.5) is 0 Å². The van der Waals surface area contributed by atoms with Crippen LogP contribution in [0.3, 0.4) is 0 Å². The Labute approximate surface area is 90.1 Å². The lowest BCUT2D eigenvalue weighted by Crippen LogP contribution is -2.29. The number of likely N-dealkylation sites (N-methyl/N-ethyl adjacent to an activating group) is 1. The molecule has 1 rings (SSSR count). The summed E-state index contributed by atoms with van der Waals surface area (Å²) in [6, 6.07) is 10.2. The van der Waals surface area contributed by atoms with E-state index in [0.717, 1.165) is 6.54 Å². The van der Waals surface area contributed by atoms with Gasteiger partial charge in [0.2, 0.25) is 0 Å². The maximum absolute atomic E-state index is 9.33. The summed E-state index contributed by atoms with van der Waals surface area (Å²) < 4.78 is 0. The van der Waals surface area contributed by atoms with Gasteiger partial charge in [0, 0.05) is 19.0 Å². The Balaban J connectivity index is 2.37. The van der Waals surface area contributed by atoms with Crippen molar-refractivity contribution in [2.45, 2.75) is 12.6 Å². The number of hydrogen-bond donors (Lipinski definition) is 1. The fourth-order valence-electron chi connectivity index (χ4n) is 1.37. The van der Waals surface area contributed by atoms with Gasteiger partial charge in [-0.15, -0.1) is 11.6 Å². The first-order valence-corrected chi connectivity index (χ1v) is 5.22. The van der Waals surface area contributed by atoms with E-state index in [2.05, 4.69) is 17.0 Å².